The molecule has 17 heavy (non-hydrogen) atoms. The molecule has 1 heterocycles. The van der Waals surface area contributed by atoms with Crippen LogP contribution in [-0.4, -0.2) is 35.2 Å². The molecule has 1 aromatic rings. The summed E-state index contributed by atoms with van der Waals surface area (Å²) in [5.41, 5.74) is 0. The Kier molecular flexibility index (Phi) is 3.95. The number of nitrogens with zero attached hydrogens (tertiary/aromatic N) is 3. The summed E-state index contributed by atoms with van der Waals surface area (Å²) in [7, 11) is 3.33. The number of rotatable bonds is 4. The van der Waals surface area contributed by atoms with Crippen molar-refractivity contribution in [2.24, 2.45) is 0 Å². The molecule has 0 aliphatic heterocycles. The summed E-state index contributed by atoms with van der Waals surface area (Å²) in [4.78, 5) is 12.5. The van der Waals surface area contributed by atoms with Crippen LogP contribution in [-0.2, 0) is 0 Å². The minimum absolute atomic E-state index is 0.336. The molecule has 2 N–H and O–H groups in total. The first-order valence-corrected chi connectivity index (χ1v) is 6.06. The Balaban J connectivity index is 2.07. The van der Waals surface area contributed by atoms with Gasteiger partial charge in [-0.05, 0) is 12.8 Å². The van der Waals surface area contributed by atoms with E-state index in [-0.39, 0.29) is 0 Å². The lowest BCUT2D eigenvalue weighted by molar-refractivity contribution is 0.378. The van der Waals surface area contributed by atoms with Crippen molar-refractivity contribution in [3.63, 3.8) is 0 Å². The fraction of sp³-hybridized carbons (Fsp3) is 0.727. The topological polar surface area (TPSA) is 72.0 Å². The molecule has 0 aromatic carbocycles. The van der Waals surface area contributed by atoms with Gasteiger partial charge in [-0.1, -0.05) is 19.3 Å². The van der Waals surface area contributed by atoms with Gasteiger partial charge in [0.05, 0.1) is 7.11 Å². The monoisotopic (exact) mass is 237 g/mol. The van der Waals surface area contributed by atoms with E-state index < -0.39 is 0 Å². The Morgan fingerprint density at radius 3 is 2.41 bits per heavy atom. The van der Waals surface area contributed by atoms with Crippen molar-refractivity contribution in [2.75, 3.05) is 24.8 Å². The van der Waals surface area contributed by atoms with Gasteiger partial charge in [-0.3, -0.25) is 0 Å². The maximum Gasteiger partial charge on any atom is 0.322 e. The molecule has 94 valence electrons. The predicted molar refractivity (Wildman–Crippen MR) is 66.4 cm³/mol. The molecule has 0 unspecified atom stereocenters. The average Bonchev–Trinajstić information content (AvgIpc) is 2.39. The van der Waals surface area contributed by atoms with Crippen LogP contribution < -0.4 is 15.4 Å². The number of anilines is 2. The van der Waals surface area contributed by atoms with E-state index in [9.17, 15) is 0 Å². The number of ether oxygens (including phenoxy) is 1. The molecule has 0 radical (unpaired) electrons. The highest BCUT2D eigenvalue weighted by Gasteiger charge is 2.15. The molecular formula is C11H19N5O. The highest BCUT2D eigenvalue weighted by atomic mass is 16.5. The summed E-state index contributed by atoms with van der Waals surface area (Å²) in [5.74, 6) is 1.11. The summed E-state index contributed by atoms with van der Waals surface area (Å²) in [5, 5.41) is 6.25. The van der Waals surface area contributed by atoms with Crippen LogP contribution in [0.2, 0.25) is 0 Å². The zero-order valence-corrected chi connectivity index (χ0v) is 10.4. The highest BCUT2D eigenvalue weighted by Crippen LogP contribution is 2.21. The molecule has 6 heteroatoms. The fourth-order valence-electron chi connectivity index (χ4n) is 2.05. The SMILES string of the molecule is CNc1nc(NC2CCCCC2)nc(OC)n1. The van der Waals surface area contributed by atoms with Gasteiger partial charge >= 0.3 is 6.01 Å². The molecule has 1 aromatic heterocycles. The minimum atomic E-state index is 0.336. The zero-order chi connectivity index (χ0) is 12.1. The summed E-state index contributed by atoms with van der Waals surface area (Å²) >= 11 is 0. The second-order valence-electron chi connectivity index (χ2n) is 4.20. The number of nitrogens with one attached hydrogen (secondary N) is 2. The Labute approximate surface area is 101 Å². The van der Waals surface area contributed by atoms with Gasteiger partial charge in [0, 0.05) is 13.1 Å². The van der Waals surface area contributed by atoms with Crippen molar-refractivity contribution in [3.8, 4) is 6.01 Å². The third kappa shape index (κ3) is 3.18. The minimum Gasteiger partial charge on any atom is -0.467 e. The standard InChI is InChI=1S/C11H19N5O/c1-12-9-14-10(16-11(15-9)17-2)13-8-6-4-3-5-7-8/h8H,3-7H2,1-2H3,(H2,12,13,14,15,16). The number of hydrogen-bond acceptors (Lipinski definition) is 6. The lowest BCUT2D eigenvalue weighted by Gasteiger charge is -2.22. The summed E-state index contributed by atoms with van der Waals surface area (Å²) in [6, 6.07) is 0.809. The van der Waals surface area contributed by atoms with Gasteiger partial charge < -0.3 is 15.4 Å². The van der Waals surface area contributed by atoms with Gasteiger partial charge in [0.1, 0.15) is 0 Å². The lowest BCUT2D eigenvalue weighted by atomic mass is 9.96. The van der Waals surface area contributed by atoms with Crippen molar-refractivity contribution in [3.05, 3.63) is 0 Å². The third-order valence-electron chi connectivity index (χ3n) is 2.96. The maximum absolute atomic E-state index is 5.04. The van der Waals surface area contributed by atoms with Crippen molar-refractivity contribution in [2.45, 2.75) is 38.1 Å². The predicted octanol–water partition coefficient (Wildman–Crippen LogP) is 1.67. The van der Waals surface area contributed by atoms with E-state index >= 15 is 0 Å². The molecule has 1 fully saturated rings. The van der Waals surface area contributed by atoms with Crippen LogP contribution in [0.4, 0.5) is 11.9 Å². The van der Waals surface area contributed by atoms with E-state index in [1.807, 2.05) is 0 Å². The van der Waals surface area contributed by atoms with Crippen molar-refractivity contribution >= 4 is 11.9 Å². The second-order valence-corrected chi connectivity index (χ2v) is 4.20. The number of aromatic nitrogens is 3. The molecule has 0 amide bonds. The van der Waals surface area contributed by atoms with Gasteiger partial charge in [-0.25, -0.2) is 0 Å². The second kappa shape index (κ2) is 5.65. The molecule has 0 atom stereocenters. The fourth-order valence-corrected chi connectivity index (χ4v) is 2.05. The largest absolute Gasteiger partial charge is 0.467 e. The van der Waals surface area contributed by atoms with Crippen LogP contribution in [0.3, 0.4) is 0 Å². The molecule has 0 bridgehead atoms. The van der Waals surface area contributed by atoms with E-state index in [2.05, 4.69) is 25.6 Å². The zero-order valence-electron chi connectivity index (χ0n) is 10.4. The Morgan fingerprint density at radius 1 is 1.06 bits per heavy atom. The van der Waals surface area contributed by atoms with Gasteiger partial charge in [0.2, 0.25) is 11.9 Å². The van der Waals surface area contributed by atoms with Crippen molar-refractivity contribution in [1.82, 2.24) is 15.0 Å². The highest BCUT2D eigenvalue weighted by molar-refractivity contribution is 5.36. The Bertz CT molecular complexity index is 343. The normalized spacial score (nSPS) is 16.6. The van der Waals surface area contributed by atoms with Gasteiger partial charge in [0.15, 0.2) is 0 Å². The summed E-state index contributed by atoms with van der Waals surface area (Å²) in [6.45, 7) is 0. The Hall–Kier alpha value is -1.59. The van der Waals surface area contributed by atoms with Gasteiger partial charge in [0.25, 0.3) is 0 Å². The lowest BCUT2D eigenvalue weighted by Crippen LogP contribution is -2.24. The van der Waals surface area contributed by atoms with E-state index in [0.29, 0.717) is 23.9 Å². The van der Waals surface area contributed by atoms with Crippen LogP contribution >= 0.6 is 0 Å². The van der Waals surface area contributed by atoms with Crippen LogP contribution in [0.1, 0.15) is 32.1 Å². The molecule has 6 nitrogen and oxygen atoms in total. The van der Waals surface area contributed by atoms with Gasteiger partial charge in [-0.2, -0.15) is 15.0 Å². The molecule has 0 spiro atoms. The molecule has 1 aliphatic carbocycles. The van der Waals surface area contributed by atoms with E-state index in [1.54, 1.807) is 14.2 Å². The smallest absolute Gasteiger partial charge is 0.322 e. The number of methoxy groups -OCH3 is 1. The van der Waals surface area contributed by atoms with Crippen molar-refractivity contribution in [1.29, 1.82) is 0 Å². The van der Waals surface area contributed by atoms with Gasteiger partial charge in [-0.15, -0.1) is 0 Å². The van der Waals surface area contributed by atoms with Crippen LogP contribution in [0, 0.1) is 0 Å². The first-order valence-electron chi connectivity index (χ1n) is 6.06. The summed E-state index contributed by atoms with van der Waals surface area (Å²) < 4.78 is 5.04. The molecule has 1 saturated carbocycles. The Morgan fingerprint density at radius 2 is 1.76 bits per heavy atom. The quantitative estimate of drug-likeness (QED) is 0.830. The number of hydrogen-bond donors (Lipinski definition) is 2. The van der Waals surface area contributed by atoms with E-state index in [1.165, 1.54) is 32.1 Å². The van der Waals surface area contributed by atoms with Crippen LogP contribution in [0.25, 0.3) is 0 Å². The van der Waals surface area contributed by atoms with Crippen LogP contribution in [0.5, 0.6) is 6.01 Å². The average molecular weight is 237 g/mol. The molecule has 1 aliphatic rings. The molecular weight excluding hydrogens is 218 g/mol. The maximum atomic E-state index is 5.04. The van der Waals surface area contributed by atoms with E-state index in [4.69, 9.17) is 4.74 Å². The van der Waals surface area contributed by atoms with Crippen molar-refractivity contribution < 1.29 is 4.74 Å². The third-order valence-corrected chi connectivity index (χ3v) is 2.96. The first kappa shape index (κ1) is 11.9. The molecule has 0 saturated heterocycles. The summed E-state index contributed by atoms with van der Waals surface area (Å²) in [6.07, 6.45) is 6.25. The van der Waals surface area contributed by atoms with E-state index in [0.717, 1.165) is 0 Å². The molecule has 2 rings (SSSR count). The first-order chi connectivity index (χ1) is 8.31. The van der Waals surface area contributed by atoms with Crippen LogP contribution in [0.15, 0.2) is 0 Å².